The molecule has 3 aromatic rings. The molecular weight excluding hydrogens is 286 g/mol. The fourth-order valence-corrected chi connectivity index (χ4v) is 2.70. The number of para-hydroxylation sites is 1. The maximum Gasteiger partial charge on any atom is 0.244 e. The molecule has 1 N–H and O–H groups in total. The van der Waals surface area contributed by atoms with Crippen molar-refractivity contribution in [3.8, 4) is 6.07 Å². The summed E-state index contributed by atoms with van der Waals surface area (Å²) in [5.41, 5.74) is 4.50. The van der Waals surface area contributed by atoms with Crippen LogP contribution in [0.3, 0.4) is 0 Å². The molecule has 0 atom stereocenters. The molecule has 0 radical (unpaired) electrons. The second-order valence-electron chi connectivity index (χ2n) is 5.60. The first-order valence-corrected chi connectivity index (χ1v) is 7.44. The highest BCUT2D eigenvalue weighted by Crippen LogP contribution is 2.21. The average Bonchev–Trinajstić information content (AvgIpc) is 2.90. The van der Waals surface area contributed by atoms with Crippen LogP contribution in [0, 0.1) is 25.2 Å². The summed E-state index contributed by atoms with van der Waals surface area (Å²) in [5, 5.41) is 13.0. The van der Waals surface area contributed by atoms with Crippen molar-refractivity contribution in [3.63, 3.8) is 0 Å². The van der Waals surface area contributed by atoms with E-state index in [2.05, 4.69) is 11.4 Å². The Morgan fingerprint density at radius 2 is 1.96 bits per heavy atom. The van der Waals surface area contributed by atoms with E-state index in [1.54, 1.807) is 6.20 Å². The quantitative estimate of drug-likeness (QED) is 0.800. The summed E-state index contributed by atoms with van der Waals surface area (Å²) in [6, 6.07) is 15.6. The molecule has 4 nitrogen and oxygen atoms in total. The minimum atomic E-state index is -0.107. The van der Waals surface area contributed by atoms with Crippen LogP contribution in [0.25, 0.3) is 10.9 Å². The molecular formula is C19H17N3O. The second-order valence-corrected chi connectivity index (χ2v) is 5.60. The van der Waals surface area contributed by atoms with Crippen molar-refractivity contribution in [1.82, 2.24) is 4.57 Å². The van der Waals surface area contributed by atoms with Gasteiger partial charge < -0.3 is 9.88 Å². The molecule has 3 rings (SSSR count). The van der Waals surface area contributed by atoms with Crippen molar-refractivity contribution in [2.75, 3.05) is 5.32 Å². The summed E-state index contributed by atoms with van der Waals surface area (Å²) >= 11 is 0. The van der Waals surface area contributed by atoms with Gasteiger partial charge in [0.1, 0.15) is 12.6 Å². The number of nitrogens with one attached hydrogen (secondary N) is 1. The van der Waals surface area contributed by atoms with Crippen molar-refractivity contribution in [1.29, 1.82) is 5.26 Å². The van der Waals surface area contributed by atoms with Crippen molar-refractivity contribution in [2.45, 2.75) is 20.4 Å². The Morgan fingerprint density at radius 3 is 2.74 bits per heavy atom. The van der Waals surface area contributed by atoms with Crippen LogP contribution in [0.4, 0.5) is 5.69 Å². The molecule has 114 valence electrons. The first-order chi connectivity index (χ1) is 11.1. The number of benzene rings is 2. The Bertz CT molecular complexity index is 931. The molecule has 1 aromatic heterocycles. The smallest absolute Gasteiger partial charge is 0.244 e. The van der Waals surface area contributed by atoms with Crippen LogP contribution in [0.1, 0.15) is 16.7 Å². The SMILES string of the molecule is Cc1cccc(NC(=O)Cn2cc(C#N)c3ccccc32)c1C. The number of nitriles is 1. The molecule has 0 saturated carbocycles. The standard InChI is InChI=1S/C19H17N3O/c1-13-6-5-8-17(14(13)2)21-19(23)12-22-11-15(10-20)16-7-3-4-9-18(16)22/h3-9,11H,12H2,1-2H3,(H,21,23). The lowest BCUT2D eigenvalue weighted by Crippen LogP contribution is -2.19. The highest BCUT2D eigenvalue weighted by Gasteiger charge is 2.11. The van der Waals surface area contributed by atoms with Gasteiger partial charge in [-0.15, -0.1) is 0 Å². The molecule has 23 heavy (non-hydrogen) atoms. The van der Waals surface area contributed by atoms with Gasteiger partial charge in [-0.25, -0.2) is 0 Å². The highest BCUT2D eigenvalue weighted by molar-refractivity contribution is 5.93. The summed E-state index contributed by atoms with van der Waals surface area (Å²) < 4.78 is 1.81. The Hall–Kier alpha value is -3.06. The van der Waals surface area contributed by atoms with E-state index in [4.69, 9.17) is 0 Å². The topological polar surface area (TPSA) is 57.8 Å². The van der Waals surface area contributed by atoms with Gasteiger partial charge in [0.15, 0.2) is 0 Å². The van der Waals surface area contributed by atoms with Gasteiger partial charge in [-0.3, -0.25) is 4.79 Å². The number of hydrogen-bond acceptors (Lipinski definition) is 2. The van der Waals surface area contributed by atoms with E-state index in [1.807, 2.05) is 60.9 Å². The predicted octanol–water partition coefficient (Wildman–Crippen LogP) is 3.77. The van der Waals surface area contributed by atoms with Crippen LogP contribution >= 0.6 is 0 Å². The first kappa shape index (κ1) is 14.9. The van der Waals surface area contributed by atoms with Crippen molar-refractivity contribution in [2.24, 2.45) is 0 Å². The molecule has 0 spiro atoms. The minimum absolute atomic E-state index is 0.107. The Kier molecular flexibility index (Phi) is 3.86. The van der Waals surface area contributed by atoms with E-state index in [0.29, 0.717) is 5.56 Å². The maximum atomic E-state index is 12.4. The minimum Gasteiger partial charge on any atom is -0.337 e. The zero-order chi connectivity index (χ0) is 16.4. The average molecular weight is 303 g/mol. The number of carbonyl (C=O) groups excluding carboxylic acids is 1. The number of carbonyl (C=O) groups is 1. The third kappa shape index (κ3) is 2.82. The molecule has 0 aliphatic carbocycles. The molecule has 2 aromatic carbocycles. The van der Waals surface area contributed by atoms with Crippen LogP contribution in [0.15, 0.2) is 48.7 Å². The van der Waals surface area contributed by atoms with Crippen molar-refractivity contribution < 1.29 is 4.79 Å². The zero-order valence-electron chi connectivity index (χ0n) is 13.1. The largest absolute Gasteiger partial charge is 0.337 e. The molecule has 4 heteroatoms. The summed E-state index contributed by atoms with van der Waals surface area (Å²) in [7, 11) is 0. The third-order valence-electron chi connectivity index (χ3n) is 4.10. The molecule has 0 saturated heterocycles. The lowest BCUT2D eigenvalue weighted by Gasteiger charge is -2.11. The van der Waals surface area contributed by atoms with E-state index in [0.717, 1.165) is 27.7 Å². The number of rotatable bonds is 3. The number of aryl methyl sites for hydroxylation is 1. The van der Waals surface area contributed by atoms with Crippen LogP contribution in [0.2, 0.25) is 0 Å². The third-order valence-corrected chi connectivity index (χ3v) is 4.10. The van der Waals surface area contributed by atoms with Crippen LogP contribution in [-0.2, 0) is 11.3 Å². The molecule has 1 amide bonds. The summed E-state index contributed by atoms with van der Waals surface area (Å²) in [6.07, 6.45) is 1.73. The lowest BCUT2D eigenvalue weighted by atomic mass is 10.1. The monoisotopic (exact) mass is 303 g/mol. The molecule has 0 aliphatic rings. The maximum absolute atomic E-state index is 12.4. The van der Waals surface area contributed by atoms with E-state index in [1.165, 1.54) is 0 Å². The fourth-order valence-electron chi connectivity index (χ4n) is 2.70. The van der Waals surface area contributed by atoms with Gasteiger partial charge in [0.2, 0.25) is 5.91 Å². The number of hydrogen-bond donors (Lipinski definition) is 1. The number of anilines is 1. The van der Waals surface area contributed by atoms with Gasteiger partial charge in [0.05, 0.1) is 5.56 Å². The molecule has 0 aliphatic heterocycles. The summed E-state index contributed by atoms with van der Waals surface area (Å²) in [5.74, 6) is -0.107. The Balaban J connectivity index is 1.86. The number of fused-ring (bicyclic) bond motifs is 1. The van der Waals surface area contributed by atoms with Gasteiger partial charge >= 0.3 is 0 Å². The van der Waals surface area contributed by atoms with Gasteiger partial charge in [0.25, 0.3) is 0 Å². The van der Waals surface area contributed by atoms with E-state index >= 15 is 0 Å². The number of amides is 1. The van der Waals surface area contributed by atoms with Crippen molar-refractivity contribution in [3.05, 3.63) is 65.4 Å². The van der Waals surface area contributed by atoms with Crippen LogP contribution < -0.4 is 5.32 Å². The van der Waals surface area contributed by atoms with Gasteiger partial charge in [0, 0.05) is 22.8 Å². The Morgan fingerprint density at radius 1 is 1.17 bits per heavy atom. The van der Waals surface area contributed by atoms with Crippen LogP contribution in [0.5, 0.6) is 0 Å². The molecule has 1 heterocycles. The zero-order valence-corrected chi connectivity index (χ0v) is 13.1. The first-order valence-electron chi connectivity index (χ1n) is 7.44. The Labute approximate surface area is 135 Å². The van der Waals surface area contributed by atoms with Gasteiger partial charge in [-0.2, -0.15) is 5.26 Å². The summed E-state index contributed by atoms with van der Waals surface area (Å²) in [4.78, 5) is 12.4. The fraction of sp³-hybridized carbons (Fsp3) is 0.158. The molecule has 0 bridgehead atoms. The molecule has 0 unspecified atom stereocenters. The normalized spacial score (nSPS) is 10.5. The predicted molar refractivity (Wildman–Crippen MR) is 91.2 cm³/mol. The lowest BCUT2D eigenvalue weighted by molar-refractivity contribution is -0.116. The van der Waals surface area contributed by atoms with E-state index in [-0.39, 0.29) is 12.5 Å². The van der Waals surface area contributed by atoms with Gasteiger partial charge in [-0.1, -0.05) is 30.3 Å². The number of nitrogens with zero attached hydrogens (tertiary/aromatic N) is 2. The van der Waals surface area contributed by atoms with Crippen LogP contribution in [-0.4, -0.2) is 10.5 Å². The second kappa shape index (κ2) is 5.98. The highest BCUT2D eigenvalue weighted by atomic mass is 16.1. The number of aromatic nitrogens is 1. The van der Waals surface area contributed by atoms with E-state index in [9.17, 15) is 10.1 Å². The van der Waals surface area contributed by atoms with Gasteiger partial charge in [-0.05, 0) is 37.1 Å². The molecule has 0 fully saturated rings. The van der Waals surface area contributed by atoms with Crippen molar-refractivity contribution >= 4 is 22.5 Å². The van der Waals surface area contributed by atoms with E-state index < -0.39 is 0 Å². The summed E-state index contributed by atoms with van der Waals surface area (Å²) in [6.45, 7) is 4.18.